The summed E-state index contributed by atoms with van der Waals surface area (Å²) < 4.78 is 0. The predicted molar refractivity (Wildman–Crippen MR) is 87.2 cm³/mol. The third-order valence-corrected chi connectivity index (χ3v) is 4.05. The normalized spacial score (nSPS) is 13.1. The van der Waals surface area contributed by atoms with Crippen LogP contribution in [-0.4, -0.2) is 22.6 Å². The number of nitro groups is 1. The smallest absolute Gasteiger partial charge is 0.315 e. The number of nitrogens with zero attached hydrogens (tertiary/aromatic N) is 1. The number of urea groups is 1. The van der Waals surface area contributed by atoms with Crippen molar-refractivity contribution in [3.8, 4) is 0 Å². The fourth-order valence-corrected chi connectivity index (χ4v) is 2.78. The molecule has 1 aromatic heterocycles. The number of carbonyl (C=O) groups is 1. The number of thiophene rings is 1. The fourth-order valence-electron chi connectivity index (χ4n) is 2.00. The molecule has 0 bridgehead atoms. The second kappa shape index (κ2) is 7.21. The standard InChI is InChI=1S/C15H17N3O4S/c1-15(20,12-6-7-23-9-12)10-17-14(19)16-8-11-4-2-3-5-13(11)18(21)22/h2-7,9,20H,8,10H2,1H3,(H2,16,17,19). The molecule has 3 N–H and O–H groups in total. The van der Waals surface area contributed by atoms with E-state index >= 15 is 0 Å². The maximum Gasteiger partial charge on any atom is 0.315 e. The molecular formula is C15H17N3O4S. The van der Waals surface area contributed by atoms with Crippen LogP contribution in [-0.2, 0) is 12.1 Å². The van der Waals surface area contributed by atoms with E-state index in [1.165, 1.54) is 17.4 Å². The van der Waals surface area contributed by atoms with Gasteiger partial charge >= 0.3 is 6.03 Å². The number of carbonyl (C=O) groups excluding carboxylic acids is 1. The summed E-state index contributed by atoms with van der Waals surface area (Å²) in [4.78, 5) is 22.2. The third kappa shape index (κ3) is 4.51. The van der Waals surface area contributed by atoms with Crippen molar-refractivity contribution in [2.75, 3.05) is 6.54 Å². The van der Waals surface area contributed by atoms with Crippen LogP contribution in [0.4, 0.5) is 10.5 Å². The van der Waals surface area contributed by atoms with Gasteiger partial charge in [-0.15, -0.1) is 0 Å². The highest BCUT2D eigenvalue weighted by molar-refractivity contribution is 7.08. The number of amides is 2. The lowest BCUT2D eigenvalue weighted by Crippen LogP contribution is -2.43. The monoisotopic (exact) mass is 335 g/mol. The number of hydrogen-bond acceptors (Lipinski definition) is 5. The Hall–Kier alpha value is -2.45. The molecule has 2 rings (SSSR count). The van der Waals surface area contributed by atoms with Gasteiger partial charge < -0.3 is 15.7 Å². The molecule has 1 atom stereocenters. The van der Waals surface area contributed by atoms with Gasteiger partial charge in [0.05, 0.1) is 18.0 Å². The van der Waals surface area contributed by atoms with Crippen LogP contribution in [0.3, 0.4) is 0 Å². The quantitative estimate of drug-likeness (QED) is 0.557. The summed E-state index contributed by atoms with van der Waals surface area (Å²) in [5.74, 6) is 0. The van der Waals surface area contributed by atoms with Crippen LogP contribution in [0.25, 0.3) is 0 Å². The second-order valence-corrected chi connectivity index (χ2v) is 5.99. The number of hydrogen-bond donors (Lipinski definition) is 3. The van der Waals surface area contributed by atoms with Gasteiger partial charge in [0.2, 0.25) is 0 Å². The molecule has 0 aliphatic carbocycles. The summed E-state index contributed by atoms with van der Waals surface area (Å²) in [6, 6.07) is 7.50. The Bertz CT molecular complexity index is 686. The van der Waals surface area contributed by atoms with Crippen LogP contribution in [0, 0.1) is 10.1 Å². The van der Waals surface area contributed by atoms with E-state index in [9.17, 15) is 20.0 Å². The minimum Gasteiger partial charge on any atom is -0.384 e. The van der Waals surface area contributed by atoms with Crippen molar-refractivity contribution in [1.82, 2.24) is 10.6 Å². The Morgan fingerprint density at radius 1 is 1.35 bits per heavy atom. The largest absolute Gasteiger partial charge is 0.384 e. The highest BCUT2D eigenvalue weighted by atomic mass is 32.1. The average molecular weight is 335 g/mol. The number of para-hydroxylation sites is 1. The van der Waals surface area contributed by atoms with Gasteiger partial charge in [0.15, 0.2) is 0 Å². The molecule has 23 heavy (non-hydrogen) atoms. The van der Waals surface area contributed by atoms with E-state index in [1.807, 2.05) is 10.8 Å². The molecule has 7 nitrogen and oxygen atoms in total. The number of benzene rings is 1. The summed E-state index contributed by atoms with van der Waals surface area (Å²) in [6.45, 7) is 1.67. The first-order valence-electron chi connectivity index (χ1n) is 6.89. The Kier molecular flexibility index (Phi) is 5.30. The molecule has 2 amide bonds. The van der Waals surface area contributed by atoms with Crippen LogP contribution in [0.2, 0.25) is 0 Å². The summed E-state index contributed by atoms with van der Waals surface area (Å²) in [5, 5.41) is 30.0. The molecule has 2 aromatic rings. The van der Waals surface area contributed by atoms with Crippen molar-refractivity contribution in [1.29, 1.82) is 0 Å². The van der Waals surface area contributed by atoms with Gasteiger partial charge in [0.1, 0.15) is 5.60 Å². The SMILES string of the molecule is CC(O)(CNC(=O)NCc1ccccc1[N+](=O)[O-])c1ccsc1. The van der Waals surface area contributed by atoms with Crippen molar-refractivity contribution < 1.29 is 14.8 Å². The molecule has 0 radical (unpaired) electrons. The van der Waals surface area contributed by atoms with Crippen molar-refractivity contribution >= 4 is 23.1 Å². The molecular weight excluding hydrogens is 318 g/mol. The van der Waals surface area contributed by atoms with E-state index in [0.717, 1.165) is 5.56 Å². The number of rotatable bonds is 6. The third-order valence-electron chi connectivity index (χ3n) is 3.36. The minimum absolute atomic E-state index is 0.0313. The summed E-state index contributed by atoms with van der Waals surface area (Å²) in [5.41, 5.74) is -0.0763. The topological polar surface area (TPSA) is 104 Å². The zero-order valence-electron chi connectivity index (χ0n) is 12.5. The zero-order valence-corrected chi connectivity index (χ0v) is 13.3. The lowest BCUT2D eigenvalue weighted by molar-refractivity contribution is -0.385. The van der Waals surface area contributed by atoms with E-state index in [1.54, 1.807) is 31.2 Å². The van der Waals surface area contributed by atoms with Gasteiger partial charge in [-0.25, -0.2) is 4.79 Å². The maximum absolute atomic E-state index is 11.8. The first-order chi connectivity index (χ1) is 10.9. The Morgan fingerprint density at radius 3 is 2.74 bits per heavy atom. The zero-order chi connectivity index (χ0) is 16.9. The molecule has 8 heteroatoms. The number of aliphatic hydroxyl groups is 1. The molecule has 0 aliphatic rings. The van der Waals surface area contributed by atoms with Crippen molar-refractivity contribution in [3.63, 3.8) is 0 Å². The second-order valence-electron chi connectivity index (χ2n) is 5.21. The Morgan fingerprint density at radius 2 is 2.09 bits per heavy atom. The van der Waals surface area contributed by atoms with Crippen LogP contribution in [0.1, 0.15) is 18.1 Å². The van der Waals surface area contributed by atoms with Gasteiger partial charge in [0, 0.05) is 11.6 Å². The van der Waals surface area contributed by atoms with Crippen LogP contribution >= 0.6 is 11.3 Å². The maximum atomic E-state index is 11.8. The fraction of sp³-hybridized carbons (Fsp3) is 0.267. The molecule has 0 aliphatic heterocycles. The lowest BCUT2D eigenvalue weighted by atomic mass is 9.99. The Labute approximate surface area is 137 Å². The van der Waals surface area contributed by atoms with Crippen LogP contribution in [0.5, 0.6) is 0 Å². The summed E-state index contributed by atoms with van der Waals surface area (Å²) >= 11 is 1.46. The van der Waals surface area contributed by atoms with E-state index in [0.29, 0.717) is 5.56 Å². The van der Waals surface area contributed by atoms with Crippen molar-refractivity contribution in [2.45, 2.75) is 19.1 Å². The van der Waals surface area contributed by atoms with E-state index in [4.69, 9.17) is 0 Å². The van der Waals surface area contributed by atoms with Gasteiger partial charge in [-0.2, -0.15) is 11.3 Å². The molecule has 1 heterocycles. The molecule has 0 spiro atoms. The lowest BCUT2D eigenvalue weighted by Gasteiger charge is -2.22. The van der Waals surface area contributed by atoms with Gasteiger partial charge in [-0.05, 0) is 29.3 Å². The summed E-state index contributed by atoms with van der Waals surface area (Å²) in [6.07, 6.45) is 0. The molecule has 1 unspecified atom stereocenters. The molecule has 0 fully saturated rings. The Balaban J connectivity index is 1.88. The summed E-state index contributed by atoms with van der Waals surface area (Å²) in [7, 11) is 0. The highest BCUT2D eigenvalue weighted by Crippen LogP contribution is 2.22. The van der Waals surface area contributed by atoms with E-state index in [2.05, 4.69) is 10.6 Å². The first-order valence-corrected chi connectivity index (χ1v) is 7.83. The van der Waals surface area contributed by atoms with Crippen LogP contribution < -0.4 is 10.6 Å². The first kappa shape index (κ1) is 16.9. The molecule has 1 aromatic carbocycles. The van der Waals surface area contributed by atoms with E-state index < -0.39 is 16.6 Å². The highest BCUT2D eigenvalue weighted by Gasteiger charge is 2.24. The molecule has 0 saturated heterocycles. The minimum atomic E-state index is -1.17. The average Bonchev–Trinajstić information content (AvgIpc) is 3.06. The van der Waals surface area contributed by atoms with E-state index in [-0.39, 0.29) is 18.8 Å². The van der Waals surface area contributed by atoms with Crippen LogP contribution in [0.15, 0.2) is 41.1 Å². The van der Waals surface area contributed by atoms with Crippen molar-refractivity contribution in [2.24, 2.45) is 0 Å². The molecule has 0 saturated carbocycles. The number of nitrogens with one attached hydrogen (secondary N) is 2. The predicted octanol–water partition coefficient (Wildman–Crippen LogP) is 2.36. The van der Waals surface area contributed by atoms with Gasteiger partial charge in [-0.3, -0.25) is 10.1 Å². The molecule has 122 valence electrons. The van der Waals surface area contributed by atoms with Crippen molar-refractivity contribution in [3.05, 3.63) is 62.3 Å². The van der Waals surface area contributed by atoms with Gasteiger partial charge in [0.25, 0.3) is 5.69 Å². The van der Waals surface area contributed by atoms with Gasteiger partial charge in [-0.1, -0.05) is 18.2 Å². The number of nitro benzene ring substituents is 1.